The zero-order valence-corrected chi connectivity index (χ0v) is 10.9. The van der Waals surface area contributed by atoms with E-state index in [0.717, 1.165) is 12.1 Å². The van der Waals surface area contributed by atoms with Crippen LogP contribution in [0.4, 0.5) is 5.69 Å². The van der Waals surface area contributed by atoms with Crippen molar-refractivity contribution in [1.82, 2.24) is 10.2 Å². The fourth-order valence-electron chi connectivity index (χ4n) is 2.64. The molecule has 3 rings (SSSR count). The summed E-state index contributed by atoms with van der Waals surface area (Å²) in [5.41, 5.74) is 2.13. The van der Waals surface area contributed by atoms with Crippen LogP contribution in [-0.4, -0.2) is 41.8 Å². The van der Waals surface area contributed by atoms with E-state index in [0.29, 0.717) is 6.42 Å². The molecule has 3 amide bonds. The van der Waals surface area contributed by atoms with Gasteiger partial charge in [-0.1, -0.05) is 18.2 Å². The van der Waals surface area contributed by atoms with Crippen molar-refractivity contribution in [3.05, 3.63) is 29.8 Å². The van der Waals surface area contributed by atoms with Crippen LogP contribution >= 0.6 is 0 Å². The number of aryl methyl sites for hydroxylation is 1. The Morgan fingerprint density at radius 2 is 1.85 bits per heavy atom. The van der Waals surface area contributed by atoms with Crippen LogP contribution in [0.2, 0.25) is 0 Å². The summed E-state index contributed by atoms with van der Waals surface area (Å²) in [6, 6.07) is 7.47. The average molecular weight is 273 g/mol. The number of fused-ring (bicyclic) bond motifs is 1. The van der Waals surface area contributed by atoms with Crippen LogP contribution in [-0.2, 0) is 20.8 Å². The highest BCUT2D eigenvalue weighted by Gasteiger charge is 2.32. The zero-order valence-electron chi connectivity index (χ0n) is 10.9. The topological polar surface area (TPSA) is 78.5 Å². The van der Waals surface area contributed by atoms with Gasteiger partial charge in [-0.15, -0.1) is 0 Å². The van der Waals surface area contributed by atoms with Gasteiger partial charge in [-0.25, -0.2) is 0 Å². The van der Waals surface area contributed by atoms with E-state index < -0.39 is 11.8 Å². The third-order valence-corrected chi connectivity index (χ3v) is 3.61. The molecule has 0 aromatic heterocycles. The van der Waals surface area contributed by atoms with Crippen molar-refractivity contribution >= 4 is 23.4 Å². The Kier molecular flexibility index (Phi) is 3.14. The third kappa shape index (κ3) is 2.36. The first-order valence-corrected chi connectivity index (χ1v) is 6.59. The maximum Gasteiger partial charge on any atom is 0.246 e. The van der Waals surface area contributed by atoms with E-state index in [1.165, 1.54) is 10.5 Å². The molecular formula is C14H15N3O3. The number of nitrogens with one attached hydrogen (secondary N) is 2. The van der Waals surface area contributed by atoms with E-state index in [1.54, 1.807) is 0 Å². The summed E-state index contributed by atoms with van der Waals surface area (Å²) in [5, 5.41) is 5.38. The molecule has 104 valence electrons. The second kappa shape index (κ2) is 4.96. The number of nitrogens with zero attached hydrogens (tertiary/aromatic N) is 1. The molecule has 0 aliphatic carbocycles. The van der Waals surface area contributed by atoms with E-state index in [4.69, 9.17) is 0 Å². The Morgan fingerprint density at radius 1 is 1.15 bits per heavy atom. The van der Waals surface area contributed by atoms with Gasteiger partial charge in [-0.3, -0.25) is 19.7 Å². The van der Waals surface area contributed by atoms with Crippen LogP contribution < -0.4 is 10.6 Å². The van der Waals surface area contributed by atoms with Crippen molar-refractivity contribution in [2.45, 2.75) is 18.9 Å². The van der Waals surface area contributed by atoms with E-state index in [9.17, 15) is 14.4 Å². The monoisotopic (exact) mass is 273 g/mol. The van der Waals surface area contributed by atoms with Crippen molar-refractivity contribution in [1.29, 1.82) is 0 Å². The number of anilines is 1. The minimum absolute atomic E-state index is 0.0512. The predicted molar refractivity (Wildman–Crippen MR) is 71.9 cm³/mol. The molecule has 1 atom stereocenters. The number of piperazine rings is 1. The van der Waals surface area contributed by atoms with Crippen LogP contribution in [0.15, 0.2) is 24.3 Å². The van der Waals surface area contributed by atoms with Crippen molar-refractivity contribution in [3.8, 4) is 0 Å². The quantitative estimate of drug-likeness (QED) is 0.700. The first-order valence-electron chi connectivity index (χ1n) is 6.59. The summed E-state index contributed by atoms with van der Waals surface area (Å²) in [6.07, 6.45) is 1.48. The highest BCUT2D eigenvalue weighted by atomic mass is 16.2. The number of carbonyl (C=O) groups excluding carboxylic acids is 3. The molecule has 0 spiro atoms. The second-order valence-corrected chi connectivity index (χ2v) is 5.06. The van der Waals surface area contributed by atoms with Crippen molar-refractivity contribution in [3.63, 3.8) is 0 Å². The molecular weight excluding hydrogens is 258 g/mol. The third-order valence-electron chi connectivity index (χ3n) is 3.61. The van der Waals surface area contributed by atoms with Gasteiger partial charge in [0.1, 0.15) is 19.1 Å². The molecule has 2 aliphatic heterocycles. The maximum absolute atomic E-state index is 12.4. The molecule has 0 bridgehead atoms. The number of hydrogen-bond donors (Lipinski definition) is 2. The lowest BCUT2D eigenvalue weighted by Crippen LogP contribution is -2.56. The number of rotatable bonds is 1. The summed E-state index contributed by atoms with van der Waals surface area (Å²) in [4.78, 5) is 36.3. The molecule has 0 radical (unpaired) electrons. The van der Waals surface area contributed by atoms with Crippen LogP contribution in [0.25, 0.3) is 0 Å². The van der Waals surface area contributed by atoms with Crippen molar-refractivity contribution in [2.24, 2.45) is 0 Å². The fraction of sp³-hybridized carbons (Fsp3) is 0.357. The molecule has 1 fully saturated rings. The Bertz CT molecular complexity index is 569. The highest BCUT2D eigenvalue weighted by Crippen LogP contribution is 2.25. The Morgan fingerprint density at radius 3 is 2.60 bits per heavy atom. The van der Waals surface area contributed by atoms with Crippen molar-refractivity contribution < 1.29 is 14.4 Å². The Labute approximate surface area is 116 Å². The van der Waals surface area contributed by atoms with Gasteiger partial charge >= 0.3 is 0 Å². The largest absolute Gasteiger partial charge is 0.373 e. The molecule has 2 N–H and O–H groups in total. The molecule has 0 saturated carbocycles. The molecule has 20 heavy (non-hydrogen) atoms. The molecule has 1 aromatic rings. The highest BCUT2D eigenvalue weighted by molar-refractivity contribution is 6.03. The lowest BCUT2D eigenvalue weighted by atomic mass is 9.97. The number of amides is 3. The van der Waals surface area contributed by atoms with Gasteiger partial charge in [0.2, 0.25) is 17.7 Å². The predicted octanol–water partition coefficient (Wildman–Crippen LogP) is -0.102. The Hall–Kier alpha value is -2.37. The Balaban J connectivity index is 1.73. The maximum atomic E-state index is 12.4. The molecule has 1 aromatic carbocycles. The lowest BCUT2D eigenvalue weighted by Gasteiger charge is -2.32. The molecule has 1 unspecified atom stereocenters. The van der Waals surface area contributed by atoms with Gasteiger partial charge in [0.05, 0.1) is 0 Å². The molecule has 2 aliphatic rings. The van der Waals surface area contributed by atoms with Crippen molar-refractivity contribution in [2.75, 3.05) is 18.4 Å². The van der Waals surface area contributed by atoms with Gasteiger partial charge in [0.25, 0.3) is 0 Å². The van der Waals surface area contributed by atoms with E-state index >= 15 is 0 Å². The van der Waals surface area contributed by atoms with Gasteiger partial charge in [0.15, 0.2) is 0 Å². The number of imide groups is 1. The van der Waals surface area contributed by atoms with Gasteiger partial charge < -0.3 is 10.2 Å². The van der Waals surface area contributed by atoms with Gasteiger partial charge in [-0.2, -0.15) is 0 Å². The SMILES string of the molecule is O=C1CN(C(=O)C2CCc3ccccc3N2)CC(=O)N1. The summed E-state index contributed by atoms with van der Waals surface area (Å²) in [6.45, 7) is -0.102. The fourth-order valence-corrected chi connectivity index (χ4v) is 2.64. The number of para-hydroxylation sites is 1. The second-order valence-electron chi connectivity index (χ2n) is 5.06. The van der Waals surface area contributed by atoms with E-state index in [2.05, 4.69) is 10.6 Å². The van der Waals surface area contributed by atoms with Crippen LogP contribution in [0.5, 0.6) is 0 Å². The molecule has 2 heterocycles. The minimum atomic E-state index is -0.425. The first kappa shape index (κ1) is 12.7. The molecule has 6 nitrogen and oxygen atoms in total. The molecule has 6 heteroatoms. The normalized spacial score (nSPS) is 21.8. The van der Waals surface area contributed by atoms with Gasteiger partial charge in [0, 0.05) is 5.69 Å². The standard InChI is InChI=1S/C14H15N3O3/c18-12-7-17(8-13(19)16-12)14(20)11-6-5-9-3-1-2-4-10(9)15-11/h1-4,11,15H,5-8H2,(H,16,18,19). The zero-order chi connectivity index (χ0) is 14.1. The summed E-state index contributed by atoms with van der Waals surface area (Å²) in [7, 11) is 0. The first-order chi connectivity index (χ1) is 9.63. The smallest absolute Gasteiger partial charge is 0.246 e. The lowest BCUT2D eigenvalue weighted by molar-refractivity contribution is -0.145. The summed E-state index contributed by atoms with van der Waals surface area (Å²) >= 11 is 0. The summed E-state index contributed by atoms with van der Waals surface area (Å²) in [5.74, 6) is -1.04. The van der Waals surface area contributed by atoms with Crippen LogP contribution in [0.1, 0.15) is 12.0 Å². The van der Waals surface area contributed by atoms with E-state index in [-0.39, 0.29) is 25.0 Å². The van der Waals surface area contributed by atoms with Crippen LogP contribution in [0, 0.1) is 0 Å². The average Bonchev–Trinajstić information content (AvgIpc) is 2.45. The van der Waals surface area contributed by atoms with E-state index in [1.807, 2.05) is 24.3 Å². The number of benzene rings is 1. The molecule has 1 saturated heterocycles. The minimum Gasteiger partial charge on any atom is -0.373 e. The van der Waals surface area contributed by atoms with Gasteiger partial charge in [-0.05, 0) is 24.5 Å². The summed E-state index contributed by atoms with van der Waals surface area (Å²) < 4.78 is 0. The number of carbonyl (C=O) groups is 3. The van der Waals surface area contributed by atoms with Crippen LogP contribution in [0.3, 0.4) is 0 Å². The number of hydrogen-bond acceptors (Lipinski definition) is 4.